The highest BCUT2D eigenvalue weighted by molar-refractivity contribution is 7.89. The smallest absolute Gasteiger partial charge is 0.349 e. The molecule has 2 aromatic rings. The lowest BCUT2D eigenvalue weighted by atomic mass is 10.2. The molecule has 0 spiro atoms. The molecule has 0 fully saturated rings. The molecule has 0 N–H and O–H groups in total. The van der Waals surface area contributed by atoms with Crippen LogP contribution in [0.3, 0.4) is 0 Å². The number of carbonyl (C=O) groups excluding carboxylic acids is 1. The van der Waals surface area contributed by atoms with Gasteiger partial charge in [-0.15, -0.1) is 0 Å². The van der Waals surface area contributed by atoms with Crippen LogP contribution < -0.4 is 4.74 Å². The zero-order valence-corrected chi connectivity index (χ0v) is 16.0. The molecule has 7 heteroatoms. The van der Waals surface area contributed by atoms with Gasteiger partial charge in [0.15, 0.2) is 12.4 Å². The van der Waals surface area contributed by atoms with Gasteiger partial charge in [-0.1, -0.05) is 36.8 Å². The number of nitrogens with zero attached hydrogens (tertiary/aromatic N) is 1. The van der Waals surface area contributed by atoms with Crippen molar-refractivity contribution in [2.75, 3.05) is 13.2 Å². The number of benzene rings is 2. The minimum absolute atomic E-state index is 0.128. The first-order valence-corrected chi connectivity index (χ1v) is 10.1. The molecule has 1 aliphatic rings. The van der Waals surface area contributed by atoms with Gasteiger partial charge in [-0.2, -0.15) is 0 Å². The van der Waals surface area contributed by atoms with E-state index in [9.17, 15) is 13.2 Å². The molecule has 1 aliphatic heterocycles. The molecule has 6 nitrogen and oxygen atoms in total. The number of hydrogen-bond acceptors (Lipinski definition) is 5. The first kappa shape index (κ1) is 19.0. The summed E-state index contributed by atoms with van der Waals surface area (Å²) in [5.74, 6) is 0.157. The lowest BCUT2D eigenvalue weighted by Gasteiger charge is -2.27. The lowest BCUT2D eigenvalue weighted by molar-refractivity contribution is -0.139. The number of sulfonamides is 1. The maximum atomic E-state index is 12.7. The predicted octanol–water partition coefficient (Wildman–Crippen LogP) is 3.33. The SMILES string of the molecule is CCCN1C=C(OC(=O)COc2ccc(C)cc2)c2ccccc2S1(=O)=O. The van der Waals surface area contributed by atoms with E-state index in [-0.39, 0.29) is 17.3 Å². The van der Waals surface area contributed by atoms with Gasteiger partial charge in [-0.25, -0.2) is 13.2 Å². The van der Waals surface area contributed by atoms with Crippen molar-refractivity contribution >= 4 is 21.8 Å². The Balaban J connectivity index is 1.78. The average Bonchev–Trinajstić information content (AvgIpc) is 2.65. The molecule has 0 atom stereocenters. The number of hydrogen-bond donors (Lipinski definition) is 0. The second-order valence-electron chi connectivity index (χ2n) is 6.18. The summed E-state index contributed by atoms with van der Waals surface area (Å²) < 4.78 is 37.4. The number of aryl methyl sites for hydroxylation is 1. The summed E-state index contributed by atoms with van der Waals surface area (Å²) in [6.07, 6.45) is 2.00. The van der Waals surface area contributed by atoms with Crippen LogP contribution in [0.5, 0.6) is 5.75 Å². The average molecular weight is 387 g/mol. The van der Waals surface area contributed by atoms with E-state index in [0.29, 0.717) is 24.3 Å². The summed E-state index contributed by atoms with van der Waals surface area (Å²) in [6.45, 7) is 3.87. The fourth-order valence-electron chi connectivity index (χ4n) is 2.71. The van der Waals surface area contributed by atoms with Gasteiger partial charge in [0.2, 0.25) is 0 Å². The van der Waals surface area contributed by atoms with Crippen molar-refractivity contribution in [2.45, 2.75) is 25.2 Å². The zero-order chi connectivity index (χ0) is 19.4. The summed E-state index contributed by atoms with van der Waals surface area (Å²) in [5, 5.41) is 0. The minimum Gasteiger partial charge on any atom is -0.482 e. The fraction of sp³-hybridized carbons (Fsp3) is 0.250. The Labute approximate surface area is 159 Å². The molecule has 0 amide bonds. The van der Waals surface area contributed by atoms with Gasteiger partial charge >= 0.3 is 5.97 Å². The zero-order valence-electron chi connectivity index (χ0n) is 15.2. The molecule has 0 bridgehead atoms. The van der Waals surface area contributed by atoms with Crippen LogP contribution in [0.15, 0.2) is 59.6 Å². The summed E-state index contributed by atoms with van der Waals surface area (Å²) in [7, 11) is -3.64. The Morgan fingerprint density at radius 2 is 1.78 bits per heavy atom. The van der Waals surface area contributed by atoms with Crippen molar-refractivity contribution in [3.05, 3.63) is 65.9 Å². The molecule has 0 aliphatic carbocycles. The van der Waals surface area contributed by atoms with E-state index >= 15 is 0 Å². The Morgan fingerprint density at radius 1 is 1.07 bits per heavy atom. The lowest BCUT2D eigenvalue weighted by Crippen LogP contribution is -2.31. The van der Waals surface area contributed by atoms with Gasteiger partial charge in [-0.3, -0.25) is 4.31 Å². The molecule has 2 aromatic carbocycles. The van der Waals surface area contributed by atoms with Crippen LogP contribution in [0.4, 0.5) is 0 Å². The Hall–Kier alpha value is -2.80. The van der Waals surface area contributed by atoms with Crippen molar-refractivity contribution in [1.82, 2.24) is 4.31 Å². The summed E-state index contributed by atoms with van der Waals surface area (Å²) in [4.78, 5) is 12.4. The molecule has 27 heavy (non-hydrogen) atoms. The summed E-state index contributed by atoms with van der Waals surface area (Å²) in [5.41, 5.74) is 1.46. The number of rotatable bonds is 6. The van der Waals surface area contributed by atoms with Crippen molar-refractivity contribution in [3.8, 4) is 5.75 Å². The highest BCUT2D eigenvalue weighted by Gasteiger charge is 2.32. The molecule has 0 saturated carbocycles. The topological polar surface area (TPSA) is 72.9 Å². The second kappa shape index (κ2) is 7.84. The van der Waals surface area contributed by atoms with Crippen molar-refractivity contribution in [3.63, 3.8) is 0 Å². The highest BCUT2D eigenvalue weighted by Crippen LogP contribution is 2.33. The molecular weight excluding hydrogens is 366 g/mol. The van der Waals surface area contributed by atoms with E-state index in [2.05, 4.69) is 0 Å². The van der Waals surface area contributed by atoms with E-state index in [1.54, 1.807) is 30.3 Å². The number of carbonyl (C=O) groups is 1. The largest absolute Gasteiger partial charge is 0.482 e. The highest BCUT2D eigenvalue weighted by atomic mass is 32.2. The minimum atomic E-state index is -3.64. The summed E-state index contributed by atoms with van der Waals surface area (Å²) >= 11 is 0. The van der Waals surface area contributed by atoms with Crippen LogP contribution in [0.2, 0.25) is 0 Å². The first-order chi connectivity index (χ1) is 12.9. The van der Waals surface area contributed by atoms with Crippen LogP contribution in [0.1, 0.15) is 24.5 Å². The van der Waals surface area contributed by atoms with Crippen LogP contribution >= 0.6 is 0 Å². The third kappa shape index (κ3) is 4.14. The maximum absolute atomic E-state index is 12.7. The normalized spacial score (nSPS) is 14.9. The van der Waals surface area contributed by atoms with Gasteiger partial charge in [0, 0.05) is 12.1 Å². The van der Waals surface area contributed by atoms with Crippen LogP contribution in [-0.2, 0) is 19.6 Å². The number of ether oxygens (including phenoxy) is 2. The fourth-order valence-corrected chi connectivity index (χ4v) is 4.31. The van der Waals surface area contributed by atoms with E-state index in [1.807, 2.05) is 26.0 Å². The summed E-state index contributed by atoms with van der Waals surface area (Å²) in [6, 6.07) is 13.8. The standard InChI is InChI=1S/C20H21NO5S/c1-3-12-21-13-18(17-6-4-5-7-19(17)27(21,23)24)26-20(22)14-25-16-10-8-15(2)9-11-16/h4-11,13H,3,12,14H2,1-2H3. The number of esters is 1. The van der Waals surface area contributed by atoms with Gasteiger partial charge in [-0.05, 0) is 37.6 Å². The van der Waals surface area contributed by atoms with E-state index in [0.717, 1.165) is 5.56 Å². The maximum Gasteiger partial charge on any atom is 0.349 e. The quantitative estimate of drug-likeness (QED) is 0.711. The molecular formula is C20H21NO5S. The van der Waals surface area contributed by atoms with Crippen LogP contribution in [-0.4, -0.2) is 31.8 Å². The molecule has 0 radical (unpaired) electrons. The Morgan fingerprint density at radius 3 is 2.48 bits per heavy atom. The Kier molecular flexibility index (Phi) is 5.51. The molecule has 3 rings (SSSR count). The molecule has 0 unspecified atom stereocenters. The van der Waals surface area contributed by atoms with Gasteiger partial charge in [0.05, 0.1) is 11.1 Å². The molecule has 1 heterocycles. The van der Waals surface area contributed by atoms with Crippen LogP contribution in [0, 0.1) is 6.92 Å². The van der Waals surface area contributed by atoms with Crippen molar-refractivity contribution in [2.24, 2.45) is 0 Å². The van der Waals surface area contributed by atoms with E-state index in [4.69, 9.17) is 9.47 Å². The van der Waals surface area contributed by atoms with Crippen LogP contribution in [0.25, 0.3) is 5.76 Å². The second-order valence-corrected chi connectivity index (χ2v) is 8.04. The van der Waals surface area contributed by atoms with Gasteiger partial charge in [0.25, 0.3) is 10.0 Å². The van der Waals surface area contributed by atoms with Crippen molar-refractivity contribution in [1.29, 1.82) is 0 Å². The number of fused-ring (bicyclic) bond motifs is 1. The van der Waals surface area contributed by atoms with E-state index < -0.39 is 16.0 Å². The first-order valence-electron chi connectivity index (χ1n) is 8.65. The molecule has 142 valence electrons. The van der Waals surface area contributed by atoms with E-state index in [1.165, 1.54) is 16.6 Å². The third-order valence-corrected chi connectivity index (χ3v) is 5.86. The van der Waals surface area contributed by atoms with Gasteiger partial charge < -0.3 is 9.47 Å². The van der Waals surface area contributed by atoms with Crippen molar-refractivity contribution < 1.29 is 22.7 Å². The predicted molar refractivity (Wildman–Crippen MR) is 101 cm³/mol. The van der Waals surface area contributed by atoms with Gasteiger partial charge in [0.1, 0.15) is 5.75 Å². The molecule has 0 saturated heterocycles. The monoisotopic (exact) mass is 387 g/mol. The Bertz CT molecular complexity index is 964. The third-order valence-electron chi connectivity index (χ3n) is 4.05. The molecule has 0 aromatic heterocycles.